The summed E-state index contributed by atoms with van der Waals surface area (Å²) in [7, 11) is 0. The minimum absolute atomic E-state index is 0.00685. The van der Waals surface area contributed by atoms with E-state index in [4.69, 9.17) is 9.47 Å². The van der Waals surface area contributed by atoms with Gasteiger partial charge in [-0.2, -0.15) is 0 Å². The molecule has 1 atom stereocenters. The molecule has 0 saturated carbocycles. The predicted octanol–water partition coefficient (Wildman–Crippen LogP) is 2.85. The maximum atomic E-state index is 12.5. The Hall–Kier alpha value is -1.23. The fourth-order valence-corrected chi connectivity index (χ4v) is 2.56. The lowest BCUT2D eigenvalue weighted by Crippen LogP contribution is -2.47. The van der Waals surface area contributed by atoms with E-state index in [0.29, 0.717) is 18.0 Å². The van der Waals surface area contributed by atoms with E-state index in [1.54, 1.807) is 0 Å². The summed E-state index contributed by atoms with van der Waals surface area (Å²) in [6.45, 7) is 3.86. The number of unbranched alkanes of at least 4 members (excludes halogenated alkanes) is 1. The lowest BCUT2D eigenvalue weighted by Gasteiger charge is -2.30. The molecule has 1 aliphatic rings. The van der Waals surface area contributed by atoms with Gasteiger partial charge in [0, 0.05) is 18.4 Å². The summed E-state index contributed by atoms with van der Waals surface area (Å²) in [5.41, 5.74) is 0. The number of fused-ring (bicyclic) bond motifs is 1. The van der Waals surface area contributed by atoms with Crippen LogP contribution in [0, 0.1) is 0 Å². The summed E-state index contributed by atoms with van der Waals surface area (Å²) in [6, 6.07) is 7.45. The van der Waals surface area contributed by atoms with Crippen LogP contribution in [0.5, 0.6) is 11.5 Å². The van der Waals surface area contributed by atoms with Gasteiger partial charge in [0.25, 0.3) is 5.91 Å². The van der Waals surface area contributed by atoms with Crippen molar-refractivity contribution in [1.29, 1.82) is 0 Å². The highest BCUT2D eigenvalue weighted by atomic mass is 79.9. The average Bonchev–Trinajstić information content (AvgIpc) is 2.50. The van der Waals surface area contributed by atoms with Crippen molar-refractivity contribution in [2.75, 3.05) is 25.0 Å². The molecule has 0 fully saturated rings. The van der Waals surface area contributed by atoms with Crippen molar-refractivity contribution in [1.82, 2.24) is 4.90 Å². The van der Waals surface area contributed by atoms with Crippen LogP contribution in [0.2, 0.25) is 0 Å². The maximum absolute atomic E-state index is 12.5. The number of alkyl halides is 1. The van der Waals surface area contributed by atoms with Gasteiger partial charge in [-0.1, -0.05) is 41.4 Å². The molecule has 1 unspecified atom stereocenters. The molecule has 0 saturated heterocycles. The minimum Gasteiger partial charge on any atom is -0.485 e. The van der Waals surface area contributed by atoms with Crippen LogP contribution in [0.15, 0.2) is 24.3 Å². The number of carbonyl (C=O) groups excluding carboxylic acids is 1. The first-order valence-electron chi connectivity index (χ1n) is 6.99. The Balaban J connectivity index is 2.01. The molecule has 2 rings (SSSR count). The molecule has 110 valence electrons. The Labute approximate surface area is 128 Å². The molecule has 1 aliphatic heterocycles. The number of carbonyl (C=O) groups is 1. The van der Waals surface area contributed by atoms with Gasteiger partial charge in [0.05, 0.1) is 0 Å². The highest BCUT2D eigenvalue weighted by Gasteiger charge is 2.30. The number of nitrogens with zero attached hydrogens (tertiary/aromatic N) is 1. The van der Waals surface area contributed by atoms with Gasteiger partial charge in [-0.15, -0.1) is 0 Å². The number of rotatable bonds is 6. The second-order valence-corrected chi connectivity index (χ2v) is 5.53. The summed E-state index contributed by atoms with van der Waals surface area (Å²) in [6.07, 6.45) is 1.53. The van der Waals surface area contributed by atoms with Gasteiger partial charge in [-0.25, -0.2) is 0 Å². The summed E-state index contributed by atoms with van der Waals surface area (Å²) in [5, 5.41) is 0.770. The van der Waals surface area contributed by atoms with Crippen LogP contribution in [-0.2, 0) is 4.79 Å². The van der Waals surface area contributed by atoms with Gasteiger partial charge in [-0.3, -0.25) is 4.79 Å². The zero-order valence-corrected chi connectivity index (χ0v) is 13.3. The smallest absolute Gasteiger partial charge is 0.267 e. The second kappa shape index (κ2) is 7.53. The first-order valence-corrected chi connectivity index (χ1v) is 8.11. The molecular weight excluding hydrogens is 322 g/mol. The first kappa shape index (κ1) is 15.2. The van der Waals surface area contributed by atoms with Crippen molar-refractivity contribution in [3.05, 3.63) is 24.3 Å². The molecule has 5 heteroatoms. The van der Waals surface area contributed by atoms with Crippen molar-refractivity contribution < 1.29 is 14.3 Å². The fraction of sp³-hybridized carbons (Fsp3) is 0.533. The molecule has 0 bridgehead atoms. The summed E-state index contributed by atoms with van der Waals surface area (Å²) in [5.74, 6) is 1.36. The third kappa shape index (κ3) is 3.66. The third-order valence-electron chi connectivity index (χ3n) is 3.23. The highest BCUT2D eigenvalue weighted by Crippen LogP contribution is 2.31. The van der Waals surface area contributed by atoms with Crippen LogP contribution >= 0.6 is 15.9 Å². The van der Waals surface area contributed by atoms with Crippen molar-refractivity contribution in [3.8, 4) is 11.5 Å². The second-order valence-electron chi connectivity index (χ2n) is 4.73. The van der Waals surface area contributed by atoms with Crippen LogP contribution in [-0.4, -0.2) is 41.9 Å². The van der Waals surface area contributed by atoms with Crippen LogP contribution < -0.4 is 9.47 Å². The SMILES string of the molecule is CCCCN(CCBr)C(=O)C1COc2ccccc2O1. The molecule has 1 heterocycles. The zero-order valence-electron chi connectivity index (χ0n) is 11.7. The topological polar surface area (TPSA) is 38.8 Å². The number of halogens is 1. The van der Waals surface area contributed by atoms with E-state index in [2.05, 4.69) is 22.9 Å². The van der Waals surface area contributed by atoms with E-state index in [1.165, 1.54) is 0 Å². The molecular formula is C15H20BrNO3. The quantitative estimate of drug-likeness (QED) is 0.747. The molecule has 4 nitrogen and oxygen atoms in total. The first-order chi connectivity index (χ1) is 9.76. The summed E-state index contributed by atoms with van der Waals surface area (Å²) < 4.78 is 11.4. The van der Waals surface area contributed by atoms with Crippen LogP contribution in [0.3, 0.4) is 0 Å². The normalized spacial score (nSPS) is 16.8. The lowest BCUT2D eigenvalue weighted by molar-refractivity contribution is -0.141. The van der Waals surface area contributed by atoms with E-state index in [-0.39, 0.29) is 12.5 Å². The molecule has 0 radical (unpaired) electrons. The fourth-order valence-electron chi connectivity index (χ4n) is 2.13. The van der Waals surface area contributed by atoms with Crippen molar-refractivity contribution in [2.24, 2.45) is 0 Å². The Bertz CT molecular complexity index is 452. The number of para-hydroxylation sites is 2. The molecule has 1 aromatic rings. The number of hydrogen-bond acceptors (Lipinski definition) is 3. The minimum atomic E-state index is -0.541. The Morgan fingerprint density at radius 3 is 2.80 bits per heavy atom. The molecule has 1 amide bonds. The molecule has 20 heavy (non-hydrogen) atoms. The van der Waals surface area contributed by atoms with E-state index >= 15 is 0 Å². The predicted molar refractivity (Wildman–Crippen MR) is 81.6 cm³/mol. The monoisotopic (exact) mass is 341 g/mol. The van der Waals surface area contributed by atoms with E-state index < -0.39 is 6.10 Å². The van der Waals surface area contributed by atoms with E-state index in [0.717, 1.165) is 24.7 Å². The third-order valence-corrected chi connectivity index (χ3v) is 3.59. The summed E-state index contributed by atoms with van der Waals surface area (Å²) >= 11 is 3.39. The molecule has 1 aromatic carbocycles. The van der Waals surface area contributed by atoms with E-state index in [1.807, 2.05) is 29.2 Å². The average molecular weight is 342 g/mol. The van der Waals surface area contributed by atoms with Crippen LogP contribution in [0.25, 0.3) is 0 Å². The van der Waals surface area contributed by atoms with Crippen molar-refractivity contribution >= 4 is 21.8 Å². The van der Waals surface area contributed by atoms with Gasteiger partial charge in [-0.05, 0) is 18.6 Å². The molecule has 0 aromatic heterocycles. The van der Waals surface area contributed by atoms with Crippen molar-refractivity contribution in [3.63, 3.8) is 0 Å². The van der Waals surface area contributed by atoms with Crippen LogP contribution in [0.4, 0.5) is 0 Å². The van der Waals surface area contributed by atoms with Gasteiger partial charge in [0.2, 0.25) is 6.10 Å². The van der Waals surface area contributed by atoms with Gasteiger partial charge < -0.3 is 14.4 Å². The Morgan fingerprint density at radius 2 is 2.10 bits per heavy atom. The molecule has 0 N–H and O–H groups in total. The number of benzene rings is 1. The van der Waals surface area contributed by atoms with Crippen LogP contribution in [0.1, 0.15) is 19.8 Å². The number of ether oxygens (including phenoxy) is 2. The largest absolute Gasteiger partial charge is 0.485 e. The molecule has 0 spiro atoms. The van der Waals surface area contributed by atoms with Gasteiger partial charge in [0.15, 0.2) is 11.5 Å². The molecule has 0 aliphatic carbocycles. The standard InChI is InChI=1S/C15H20BrNO3/c1-2-3-9-17(10-8-16)15(18)14-11-19-12-6-4-5-7-13(12)20-14/h4-7,14H,2-3,8-11H2,1H3. The van der Waals surface area contributed by atoms with E-state index in [9.17, 15) is 4.79 Å². The zero-order chi connectivity index (χ0) is 14.4. The van der Waals surface area contributed by atoms with Gasteiger partial charge >= 0.3 is 0 Å². The Morgan fingerprint density at radius 1 is 1.35 bits per heavy atom. The highest BCUT2D eigenvalue weighted by molar-refractivity contribution is 9.09. The summed E-state index contributed by atoms with van der Waals surface area (Å²) in [4.78, 5) is 14.4. The van der Waals surface area contributed by atoms with Gasteiger partial charge in [0.1, 0.15) is 6.61 Å². The maximum Gasteiger partial charge on any atom is 0.267 e. The van der Waals surface area contributed by atoms with Crippen molar-refractivity contribution in [2.45, 2.75) is 25.9 Å². The number of amides is 1. The Kier molecular flexibility index (Phi) is 5.71. The number of hydrogen-bond donors (Lipinski definition) is 0. The lowest BCUT2D eigenvalue weighted by atomic mass is 10.2.